The number of methoxy groups -OCH3 is 2. The standard InChI is InChI=1S/C15H24N2O2/c1-16-10-12-7-8-17(2)15(12)11-5-6-13(18-3)14(9-11)19-4/h5-6,9,12,15-16H,7-8,10H2,1-4H3. The maximum absolute atomic E-state index is 5.41. The number of benzene rings is 1. The fourth-order valence-electron chi connectivity index (χ4n) is 3.07. The molecule has 2 rings (SSSR count). The fraction of sp³-hybridized carbons (Fsp3) is 0.600. The van der Waals surface area contributed by atoms with Crippen molar-refractivity contribution in [1.82, 2.24) is 10.2 Å². The number of nitrogens with zero attached hydrogens (tertiary/aromatic N) is 1. The summed E-state index contributed by atoms with van der Waals surface area (Å²) in [6.07, 6.45) is 1.23. The Morgan fingerprint density at radius 1 is 1.26 bits per heavy atom. The third-order valence-electron chi connectivity index (χ3n) is 3.99. The van der Waals surface area contributed by atoms with Crippen molar-refractivity contribution in [3.05, 3.63) is 23.8 Å². The zero-order valence-corrected chi connectivity index (χ0v) is 12.3. The maximum Gasteiger partial charge on any atom is 0.161 e. The van der Waals surface area contributed by atoms with E-state index in [2.05, 4.69) is 29.4 Å². The summed E-state index contributed by atoms with van der Waals surface area (Å²) in [6.45, 7) is 2.19. The Balaban J connectivity index is 2.28. The molecule has 1 aromatic carbocycles. The van der Waals surface area contributed by atoms with Gasteiger partial charge in [-0.25, -0.2) is 0 Å². The molecule has 1 aliphatic rings. The maximum atomic E-state index is 5.41. The minimum absolute atomic E-state index is 0.451. The van der Waals surface area contributed by atoms with Gasteiger partial charge in [0.1, 0.15) is 0 Å². The van der Waals surface area contributed by atoms with E-state index in [4.69, 9.17) is 9.47 Å². The van der Waals surface area contributed by atoms with E-state index in [1.165, 1.54) is 12.0 Å². The van der Waals surface area contributed by atoms with E-state index in [9.17, 15) is 0 Å². The summed E-state index contributed by atoms with van der Waals surface area (Å²) < 4.78 is 10.7. The van der Waals surface area contributed by atoms with Crippen LogP contribution in [0.3, 0.4) is 0 Å². The first-order chi connectivity index (χ1) is 9.21. The zero-order chi connectivity index (χ0) is 13.8. The molecule has 2 unspecified atom stereocenters. The molecule has 0 aliphatic carbocycles. The first kappa shape index (κ1) is 14.2. The Bertz CT molecular complexity index is 421. The van der Waals surface area contributed by atoms with Crippen LogP contribution < -0.4 is 14.8 Å². The second-order valence-corrected chi connectivity index (χ2v) is 5.15. The van der Waals surface area contributed by atoms with Crippen LogP contribution in [-0.2, 0) is 0 Å². The van der Waals surface area contributed by atoms with Crippen LogP contribution in [0, 0.1) is 5.92 Å². The number of hydrogen-bond acceptors (Lipinski definition) is 4. The van der Waals surface area contributed by atoms with Crippen LogP contribution in [0.4, 0.5) is 0 Å². The number of nitrogens with one attached hydrogen (secondary N) is 1. The molecular weight excluding hydrogens is 240 g/mol. The Morgan fingerprint density at radius 3 is 2.63 bits per heavy atom. The van der Waals surface area contributed by atoms with Gasteiger partial charge < -0.3 is 14.8 Å². The lowest BCUT2D eigenvalue weighted by molar-refractivity contribution is 0.272. The van der Waals surface area contributed by atoms with Crippen molar-refractivity contribution in [1.29, 1.82) is 0 Å². The van der Waals surface area contributed by atoms with Crippen LogP contribution in [0.5, 0.6) is 11.5 Å². The Hall–Kier alpha value is -1.26. The molecule has 0 spiro atoms. The minimum Gasteiger partial charge on any atom is -0.493 e. The van der Waals surface area contributed by atoms with Crippen LogP contribution in [0.1, 0.15) is 18.0 Å². The molecule has 1 N–H and O–H groups in total. The van der Waals surface area contributed by atoms with Crippen molar-refractivity contribution in [3.8, 4) is 11.5 Å². The van der Waals surface area contributed by atoms with Crippen molar-refractivity contribution in [2.75, 3.05) is 41.4 Å². The fourth-order valence-corrected chi connectivity index (χ4v) is 3.07. The molecule has 2 atom stereocenters. The Kier molecular flexibility index (Phi) is 4.66. The van der Waals surface area contributed by atoms with Crippen LogP contribution in [0.2, 0.25) is 0 Å². The Labute approximate surface area is 115 Å². The van der Waals surface area contributed by atoms with Gasteiger partial charge in [-0.15, -0.1) is 0 Å². The number of rotatable bonds is 5. The highest BCUT2D eigenvalue weighted by Crippen LogP contribution is 2.39. The van der Waals surface area contributed by atoms with Crippen molar-refractivity contribution in [2.45, 2.75) is 12.5 Å². The van der Waals surface area contributed by atoms with Gasteiger partial charge >= 0.3 is 0 Å². The normalized spacial score (nSPS) is 23.6. The minimum atomic E-state index is 0.451. The van der Waals surface area contributed by atoms with E-state index in [1.54, 1.807) is 14.2 Å². The molecule has 1 heterocycles. The molecule has 1 aliphatic heterocycles. The highest BCUT2D eigenvalue weighted by molar-refractivity contribution is 5.44. The van der Waals surface area contributed by atoms with Crippen LogP contribution in [0.25, 0.3) is 0 Å². The molecule has 1 fully saturated rings. The lowest BCUT2D eigenvalue weighted by atomic mass is 9.93. The van der Waals surface area contributed by atoms with Crippen LogP contribution >= 0.6 is 0 Å². The van der Waals surface area contributed by atoms with E-state index < -0.39 is 0 Å². The summed E-state index contributed by atoms with van der Waals surface area (Å²) in [4.78, 5) is 2.42. The molecule has 0 saturated carbocycles. The molecule has 19 heavy (non-hydrogen) atoms. The SMILES string of the molecule is CNCC1CCN(C)C1c1ccc(OC)c(OC)c1. The predicted molar refractivity (Wildman–Crippen MR) is 77.0 cm³/mol. The van der Waals surface area contributed by atoms with Gasteiger partial charge in [0.25, 0.3) is 0 Å². The summed E-state index contributed by atoms with van der Waals surface area (Å²) in [7, 11) is 7.56. The summed E-state index contributed by atoms with van der Waals surface area (Å²) in [5.41, 5.74) is 1.30. The quantitative estimate of drug-likeness (QED) is 0.881. The largest absolute Gasteiger partial charge is 0.493 e. The number of ether oxygens (including phenoxy) is 2. The lowest BCUT2D eigenvalue weighted by Crippen LogP contribution is -2.26. The zero-order valence-electron chi connectivity index (χ0n) is 12.3. The second kappa shape index (κ2) is 6.26. The molecule has 1 aromatic rings. The first-order valence-electron chi connectivity index (χ1n) is 6.78. The van der Waals surface area contributed by atoms with Crippen molar-refractivity contribution in [3.63, 3.8) is 0 Å². The molecule has 0 amide bonds. The van der Waals surface area contributed by atoms with Crippen molar-refractivity contribution in [2.24, 2.45) is 5.92 Å². The second-order valence-electron chi connectivity index (χ2n) is 5.15. The van der Waals surface area contributed by atoms with E-state index >= 15 is 0 Å². The average molecular weight is 264 g/mol. The van der Waals surface area contributed by atoms with E-state index in [-0.39, 0.29) is 0 Å². The Morgan fingerprint density at radius 2 is 2.00 bits per heavy atom. The van der Waals surface area contributed by atoms with E-state index in [0.717, 1.165) is 24.6 Å². The molecule has 1 saturated heterocycles. The van der Waals surface area contributed by atoms with Gasteiger partial charge in [-0.1, -0.05) is 6.07 Å². The average Bonchev–Trinajstić information content (AvgIpc) is 2.79. The van der Waals surface area contributed by atoms with Crippen LogP contribution in [0.15, 0.2) is 18.2 Å². The highest BCUT2D eigenvalue weighted by atomic mass is 16.5. The highest BCUT2D eigenvalue weighted by Gasteiger charge is 2.32. The molecule has 4 nitrogen and oxygen atoms in total. The topological polar surface area (TPSA) is 33.7 Å². The van der Waals surface area contributed by atoms with Crippen molar-refractivity contribution < 1.29 is 9.47 Å². The lowest BCUT2D eigenvalue weighted by Gasteiger charge is -2.26. The monoisotopic (exact) mass is 264 g/mol. The summed E-state index contributed by atoms with van der Waals surface area (Å²) >= 11 is 0. The van der Waals surface area contributed by atoms with Gasteiger partial charge in [0.05, 0.1) is 14.2 Å². The van der Waals surface area contributed by atoms with E-state index in [1.807, 2.05) is 13.1 Å². The number of likely N-dealkylation sites (tertiary alicyclic amines) is 1. The number of hydrogen-bond donors (Lipinski definition) is 1. The first-order valence-corrected chi connectivity index (χ1v) is 6.78. The third kappa shape index (κ3) is 2.85. The molecule has 106 valence electrons. The van der Waals surface area contributed by atoms with Gasteiger partial charge in [-0.3, -0.25) is 4.90 Å². The molecule has 4 heteroatoms. The molecule has 0 radical (unpaired) electrons. The van der Waals surface area contributed by atoms with Gasteiger partial charge in [0.2, 0.25) is 0 Å². The van der Waals surface area contributed by atoms with E-state index in [0.29, 0.717) is 12.0 Å². The van der Waals surface area contributed by atoms with Gasteiger partial charge in [-0.2, -0.15) is 0 Å². The predicted octanol–water partition coefficient (Wildman–Crippen LogP) is 1.92. The third-order valence-corrected chi connectivity index (χ3v) is 3.99. The molecule has 0 aromatic heterocycles. The summed E-state index contributed by atoms with van der Waals surface area (Å²) in [6, 6.07) is 6.70. The summed E-state index contributed by atoms with van der Waals surface area (Å²) in [5.74, 6) is 2.24. The molecular formula is C15H24N2O2. The smallest absolute Gasteiger partial charge is 0.161 e. The van der Waals surface area contributed by atoms with Gasteiger partial charge in [0.15, 0.2) is 11.5 Å². The van der Waals surface area contributed by atoms with Gasteiger partial charge in [0, 0.05) is 6.04 Å². The van der Waals surface area contributed by atoms with Crippen LogP contribution in [-0.4, -0.2) is 46.3 Å². The summed E-state index contributed by atoms with van der Waals surface area (Å²) in [5, 5.41) is 3.30. The molecule has 0 bridgehead atoms. The van der Waals surface area contributed by atoms with Crippen molar-refractivity contribution >= 4 is 0 Å². The van der Waals surface area contributed by atoms with Gasteiger partial charge in [-0.05, 0) is 57.2 Å².